The van der Waals surface area contributed by atoms with E-state index in [0.29, 0.717) is 16.7 Å². The number of aromatic nitrogens is 3. The first-order valence-corrected chi connectivity index (χ1v) is 10.5. The van der Waals surface area contributed by atoms with Crippen LogP contribution in [0.1, 0.15) is 0 Å². The summed E-state index contributed by atoms with van der Waals surface area (Å²) in [5.41, 5.74) is 0.762. The third kappa shape index (κ3) is 4.64. The second-order valence-electron chi connectivity index (χ2n) is 5.90. The van der Waals surface area contributed by atoms with Gasteiger partial charge in [-0.15, -0.1) is 10.2 Å². The molecule has 2 aromatic carbocycles. The number of hydrogen-bond donors (Lipinski definition) is 2. The van der Waals surface area contributed by atoms with Crippen LogP contribution in [0.3, 0.4) is 0 Å². The van der Waals surface area contributed by atoms with Crippen molar-refractivity contribution in [3.63, 3.8) is 0 Å². The Morgan fingerprint density at radius 2 is 1.83 bits per heavy atom. The molecule has 0 aliphatic heterocycles. The maximum Gasteiger partial charge on any atom is 0.234 e. The van der Waals surface area contributed by atoms with Gasteiger partial charge in [0.2, 0.25) is 16.9 Å². The van der Waals surface area contributed by atoms with Crippen molar-refractivity contribution < 1.29 is 9.21 Å². The molecule has 0 saturated carbocycles. The number of nitrogens with two attached hydrogens (primary N) is 1. The Balaban J connectivity index is 1.40. The normalized spacial score (nSPS) is 10.8. The number of benzene rings is 2. The fourth-order valence-electron chi connectivity index (χ4n) is 2.54. The second-order valence-corrected chi connectivity index (χ2v) is 7.96. The number of furan rings is 1. The summed E-state index contributed by atoms with van der Waals surface area (Å²) in [6.45, 7) is 0. The van der Waals surface area contributed by atoms with Gasteiger partial charge in [0.15, 0.2) is 5.76 Å². The number of hydrogen-bond acceptors (Lipinski definition) is 7. The van der Waals surface area contributed by atoms with E-state index in [0.717, 1.165) is 15.5 Å². The predicted molar refractivity (Wildman–Crippen MR) is 114 cm³/mol. The topological polar surface area (TPSA) is 99.0 Å². The van der Waals surface area contributed by atoms with Crippen LogP contribution in [0, 0.1) is 0 Å². The van der Waals surface area contributed by atoms with Crippen LogP contribution in [0.15, 0.2) is 92.4 Å². The van der Waals surface area contributed by atoms with Gasteiger partial charge in [-0.1, -0.05) is 53.9 Å². The Morgan fingerprint density at radius 1 is 1.03 bits per heavy atom. The summed E-state index contributed by atoms with van der Waals surface area (Å²) < 4.78 is 6.60. The zero-order valence-corrected chi connectivity index (χ0v) is 16.8. The largest absolute Gasteiger partial charge is 0.461 e. The number of carbonyl (C=O) groups is 1. The average molecular weight is 424 g/mol. The van der Waals surface area contributed by atoms with E-state index >= 15 is 0 Å². The molecule has 0 saturated heterocycles. The Hall–Kier alpha value is -3.17. The maximum atomic E-state index is 12.5. The lowest BCUT2D eigenvalue weighted by molar-refractivity contribution is -0.113. The molecular formula is C20H17N5O2S2. The maximum absolute atomic E-state index is 12.5. The monoisotopic (exact) mass is 423 g/mol. The van der Waals surface area contributed by atoms with Crippen molar-refractivity contribution in [1.82, 2.24) is 14.9 Å². The molecule has 0 aliphatic rings. The second kappa shape index (κ2) is 8.89. The van der Waals surface area contributed by atoms with Gasteiger partial charge in [-0.3, -0.25) is 4.79 Å². The lowest BCUT2D eigenvalue weighted by Gasteiger charge is -2.10. The fraction of sp³-hybridized carbons (Fsp3) is 0.0500. The van der Waals surface area contributed by atoms with Crippen LogP contribution in [0.2, 0.25) is 0 Å². The highest BCUT2D eigenvalue weighted by atomic mass is 32.2. The molecule has 0 radical (unpaired) electrons. The van der Waals surface area contributed by atoms with E-state index in [2.05, 4.69) is 15.5 Å². The van der Waals surface area contributed by atoms with Gasteiger partial charge in [0.25, 0.3) is 0 Å². The van der Waals surface area contributed by atoms with Gasteiger partial charge in [-0.25, -0.2) is 4.68 Å². The third-order valence-electron chi connectivity index (χ3n) is 3.87. The number of nitrogen functional groups attached to an aromatic ring is 1. The van der Waals surface area contributed by atoms with Crippen molar-refractivity contribution in [1.29, 1.82) is 0 Å². The summed E-state index contributed by atoms with van der Waals surface area (Å²) >= 11 is 2.80. The Bertz CT molecular complexity index is 1100. The average Bonchev–Trinajstić information content (AvgIpc) is 3.38. The molecule has 7 nitrogen and oxygen atoms in total. The molecule has 3 N–H and O–H groups in total. The third-order valence-corrected chi connectivity index (χ3v) is 5.90. The molecule has 0 atom stereocenters. The summed E-state index contributed by atoms with van der Waals surface area (Å²) in [4.78, 5) is 14.6. The number of nitrogens with zero attached hydrogens (tertiary/aromatic N) is 3. The SMILES string of the molecule is Nn1c(SCC(=O)Nc2ccccc2Sc2ccccc2)nnc1-c1ccco1. The smallest absolute Gasteiger partial charge is 0.234 e. The van der Waals surface area contributed by atoms with Crippen LogP contribution in [0.5, 0.6) is 0 Å². The van der Waals surface area contributed by atoms with E-state index in [9.17, 15) is 4.79 Å². The Morgan fingerprint density at radius 3 is 2.62 bits per heavy atom. The first-order chi connectivity index (χ1) is 14.2. The van der Waals surface area contributed by atoms with Gasteiger partial charge in [-0.2, -0.15) is 0 Å². The number of thioether (sulfide) groups is 1. The first kappa shape index (κ1) is 19.2. The highest BCUT2D eigenvalue weighted by molar-refractivity contribution is 8.00. The molecule has 0 aliphatic carbocycles. The van der Waals surface area contributed by atoms with Gasteiger partial charge < -0.3 is 15.6 Å². The highest BCUT2D eigenvalue weighted by Crippen LogP contribution is 2.33. The summed E-state index contributed by atoms with van der Waals surface area (Å²) in [5.74, 6) is 6.94. The van der Waals surface area contributed by atoms with E-state index in [4.69, 9.17) is 10.3 Å². The summed E-state index contributed by atoms with van der Waals surface area (Å²) in [6.07, 6.45) is 1.54. The molecular weight excluding hydrogens is 406 g/mol. The van der Waals surface area contributed by atoms with Crippen molar-refractivity contribution >= 4 is 35.1 Å². The van der Waals surface area contributed by atoms with Gasteiger partial charge in [0, 0.05) is 9.79 Å². The van der Waals surface area contributed by atoms with Crippen molar-refractivity contribution in [2.75, 3.05) is 16.9 Å². The van der Waals surface area contributed by atoms with Crippen LogP contribution >= 0.6 is 23.5 Å². The number of nitrogens with one attached hydrogen (secondary N) is 1. The van der Waals surface area contributed by atoms with E-state index < -0.39 is 0 Å². The molecule has 0 bridgehead atoms. The van der Waals surface area contributed by atoms with E-state index in [1.807, 2.05) is 54.6 Å². The molecule has 0 spiro atoms. The van der Waals surface area contributed by atoms with Gasteiger partial charge >= 0.3 is 0 Å². The molecule has 1 amide bonds. The Labute approximate surface area is 175 Å². The molecule has 4 aromatic rings. The lowest BCUT2D eigenvalue weighted by atomic mass is 10.3. The van der Waals surface area contributed by atoms with Gasteiger partial charge in [-0.05, 0) is 36.4 Å². The molecule has 146 valence electrons. The minimum absolute atomic E-state index is 0.151. The van der Waals surface area contributed by atoms with Crippen molar-refractivity contribution in [3.05, 3.63) is 73.0 Å². The quantitative estimate of drug-likeness (QED) is 0.340. The summed E-state index contributed by atoms with van der Waals surface area (Å²) in [6, 6.07) is 21.2. The predicted octanol–water partition coefficient (Wildman–Crippen LogP) is 4.13. The number of carbonyl (C=O) groups excluding carboxylic acids is 1. The first-order valence-electron chi connectivity index (χ1n) is 8.69. The zero-order valence-electron chi connectivity index (χ0n) is 15.2. The summed E-state index contributed by atoms with van der Waals surface area (Å²) in [7, 11) is 0. The van der Waals surface area contributed by atoms with Crippen molar-refractivity contribution in [2.24, 2.45) is 0 Å². The highest BCUT2D eigenvalue weighted by Gasteiger charge is 2.16. The number of anilines is 1. The van der Waals surface area contributed by atoms with E-state index in [1.165, 1.54) is 22.7 Å². The standard InChI is InChI=1S/C20H17N5O2S2/c21-25-19(16-10-6-12-27-16)23-24-20(25)28-13-18(26)22-15-9-4-5-11-17(15)29-14-7-2-1-3-8-14/h1-12H,13,21H2,(H,22,26). The van der Waals surface area contributed by atoms with Crippen LogP contribution < -0.4 is 11.2 Å². The molecule has 4 rings (SSSR count). The van der Waals surface area contributed by atoms with Crippen molar-refractivity contribution in [2.45, 2.75) is 14.9 Å². The minimum atomic E-state index is -0.154. The molecule has 29 heavy (non-hydrogen) atoms. The molecule has 9 heteroatoms. The number of para-hydroxylation sites is 1. The van der Waals surface area contributed by atoms with E-state index in [1.54, 1.807) is 23.9 Å². The van der Waals surface area contributed by atoms with E-state index in [-0.39, 0.29) is 11.7 Å². The van der Waals surface area contributed by atoms with Gasteiger partial charge in [0.1, 0.15) is 0 Å². The Kier molecular flexibility index (Phi) is 5.87. The summed E-state index contributed by atoms with van der Waals surface area (Å²) in [5, 5.41) is 11.4. The number of rotatable bonds is 7. The van der Waals surface area contributed by atoms with Crippen molar-refractivity contribution in [3.8, 4) is 11.6 Å². The molecule has 2 aromatic heterocycles. The van der Waals surface area contributed by atoms with Crippen LogP contribution in [-0.2, 0) is 4.79 Å². The molecule has 0 fully saturated rings. The van der Waals surface area contributed by atoms with Crippen LogP contribution in [0.4, 0.5) is 5.69 Å². The minimum Gasteiger partial charge on any atom is -0.461 e. The molecule has 2 heterocycles. The fourth-order valence-corrected chi connectivity index (χ4v) is 4.12. The van der Waals surface area contributed by atoms with Crippen LogP contribution in [-0.4, -0.2) is 26.5 Å². The van der Waals surface area contributed by atoms with Gasteiger partial charge in [0.05, 0.1) is 17.7 Å². The number of amides is 1. The zero-order chi connectivity index (χ0) is 20.1. The van der Waals surface area contributed by atoms with Crippen LogP contribution in [0.25, 0.3) is 11.6 Å². The lowest BCUT2D eigenvalue weighted by Crippen LogP contribution is -2.16. The molecule has 0 unspecified atom stereocenters.